The molecule has 0 fully saturated rings. The maximum Gasteiger partial charge on any atom is 0.282 e. The second kappa shape index (κ2) is 6.96. The number of rotatable bonds is 3. The van der Waals surface area contributed by atoms with E-state index in [9.17, 15) is 4.79 Å². The summed E-state index contributed by atoms with van der Waals surface area (Å²) in [5.41, 5.74) is 3.13. The summed E-state index contributed by atoms with van der Waals surface area (Å²) in [5, 5.41) is 4.58. The van der Waals surface area contributed by atoms with Crippen LogP contribution in [0.15, 0.2) is 52.3 Å². The number of hydrogen-bond donors (Lipinski definition) is 1. The molecule has 0 aliphatic heterocycles. The third-order valence-electron chi connectivity index (χ3n) is 4.11. The Labute approximate surface area is 168 Å². The molecule has 0 atom stereocenters. The lowest BCUT2D eigenvalue weighted by molar-refractivity contribution is 0.829. The van der Waals surface area contributed by atoms with Gasteiger partial charge >= 0.3 is 0 Å². The molecule has 0 aliphatic rings. The molecule has 0 unspecified atom stereocenters. The Morgan fingerprint density at radius 2 is 1.96 bits per heavy atom. The minimum atomic E-state index is -0.187. The zero-order valence-electron chi connectivity index (χ0n) is 14.5. The summed E-state index contributed by atoms with van der Waals surface area (Å²) in [7, 11) is 0. The van der Waals surface area contributed by atoms with Gasteiger partial charge in [-0.05, 0) is 44.2 Å². The number of thiazole rings is 1. The average molecular weight is 417 g/mol. The number of aromatic amines is 1. The summed E-state index contributed by atoms with van der Waals surface area (Å²) < 4.78 is 2.48. The molecule has 0 radical (unpaired) electrons. The number of nitrogens with one attached hydrogen (secondary N) is 1. The lowest BCUT2D eigenvalue weighted by Crippen LogP contribution is -2.19. The minimum Gasteiger partial charge on any atom is -0.293 e. The van der Waals surface area contributed by atoms with E-state index in [0.717, 1.165) is 15.9 Å². The largest absolute Gasteiger partial charge is 0.293 e. The normalized spacial score (nSPS) is 12.1. The van der Waals surface area contributed by atoms with Crippen molar-refractivity contribution in [2.24, 2.45) is 4.99 Å². The molecule has 27 heavy (non-hydrogen) atoms. The monoisotopic (exact) mass is 416 g/mol. The molecule has 0 bridgehead atoms. The summed E-state index contributed by atoms with van der Waals surface area (Å²) in [5.74, 6) is 0. The standard InChI is InChI=1S/C19H14Cl2N4OS/c1-10(22-12-7-8-13(20)14(21)9-12)17-11(2)24-25(18(17)26)19-23-15-5-3-4-6-16(15)27-19/h3-9,24H,1-2H3. The fraction of sp³-hybridized carbons (Fsp3) is 0.105. The highest BCUT2D eigenvalue weighted by molar-refractivity contribution is 7.20. The molecule has 0 saturated carbocycles. The van der Waals surface area contributed by atoms with E-state index in [-0.39, 0.29) is 5.56 Å². The van der Waals surface area contributed by atoms with Crippen molar-refractivity contribution in [3.8, 4) is 5.13 Å². The zero-order valence-corrected chi connectivity index (χ0v) is 16.8. The Morgan fingerprint density at radius 3 is 2.70 bits per heavy atom. The van der Waals surface area contributed by atoms with Crippen molar-refractivity contribution in [1.82, 2.24) is 14.8 Å². The van der Waals surface area contributed by atoms with Gasteiger partial charge in [-0.2, -0.15) is 4.68 Å². The van der Waals surface area contributed by atoms with Gasteiger partial charge in [0.05, 0.1) is 37.2 Å². The van der Waals surface area contributed by atoms with Crippen LogP contribution < -0.4 is 5.56 Å². The predicted octanol–water partition coefficient (Wildman–Crippen LogP) is 5.53. The maximum atomic E-state index is 13.0. The molecule has 4 rings (SSSR count). The highest BCUT2D eigenvalue weighted by Crippen LogP contribution is 2.27. The number of hydrogen-bond acceptors (Lipinski definition) is 4. The highest BCUT2D eigenvalue weighted by atomic mass is 35.5. The number of fused-ring (bicyclic) bond motifs is 1. The Kier molecular flexibility index (Phi) is 4.63. The smallest absolute Gasteiger partial charge is 0.282 e. The molecule has 2 heterocycles. The van der Waals surface area contributed by atoms with Crippen LogP contribution in [0.4, 0.5) is 5.69 Å². The van der Waals surface area contributed by atoms with Crippen LogP contribution in [0.2, 0.25) is 10.0 Å². The van der Waals surface area contributed by atoms with Gasteiger partial charge in [-0.1, -0.05) is 46.7 Å². The summed E-state index contributed by atoms with van der Waals surface area (Å²) >= 11 is 13.4. The van der Waals surface area contributed by atoms with E-state index in [0.29, 0.717) is 32.1 Å². The molecule has 2 aromatic heterocycles. The Morgan fingerprint density at radius 1 is 1.19 bits per heavy atom. The van der Waals surface area contributed by atoms with Crippen LogP contribution >= 0.6 is 34.5 Å². The van der Waals surface area contributed by atoms with E-state index in [1.165, 1.54) is 16.0 Å². The van der Waals surface area contributed by atoms with Gasteiger partial charge < -0.3 is 0 Å². The average Bonchev–Trinajstić information content (AvgIpc) is 3.18. The van der Waals surface area contributed by atoms with Gasteiger partial charge in [-0.15, -0.1) is 0 Å². The number of aromatic nitrogens is 3. The van der Waals surface area contributed by atoms with Gasteiger partial charge in [0.15, 0.2) is 0 Å². The van der Waals surface area contributed by atoms with Gasteiger partial charge in [0, 0.05) is 5.69 Å². The van der Waals surface area contributed by atoms with E-state index in [2.05, 4.69) is 15.1 Å². The SMILES string of the molecule is CC(=Nc1ccc(Cl)c(Cl)c1)c1c(C)[nH]n(-c2nc3ccccc3s2)c1=O. The Bertz CT molecular complexity index is 1220. The third kappa shape index (κ3) is 3.32. The van der Waals surface area contributed by atoms with Crippen LogP contribution in [-0.4, -0.2) is 20.5 Å². The van der Waals surface area contributed by atoms with Crippen molar-refractivity contribution >= 4 is 56.2 Å². The van der Waals surface area contributed by atoms with Crippen molar-refractivity contribution in [2.45, 2.75) is 13.8 Å². The zero-order chi connectivity index (χ0) is 19.1. The van der Waals surface area contributed by atoms with E-state index in [1.54, 1.807) is 25.1 Å². The van der Waals surface area contributed by atoms with Gasteiger partial charge in [0.25, 0.3) is 5.56 Å². The molecule has 8 heteroatoms. The molecule has 0 saturated heterocycles. The first-order valence-electron chi connectivity index (χ1n) is 8.12. The van der Waals surface area contributed by atoms with E-state index in [4.69, 9.17) is 23.2 Å². The molecule has 136 valence electrons. The van der Waals surface area contributed by atoms with E-state index >= 15 is 0 Å². The number of benzene rings is 2. The van der Waals surface area contributed by atoms with Crippen LogP contribution in [0.5, 0.6) is 0 Å². The highest BCUT2D eigenvalue weighted by Gasteiger charge is 2.17. The second-order valence-electron chi connectivity index (χ2n) is 6.01. The molecule has 4 aromatic rings. The fourth-order valence-electron chi connectivity index (χ4n) is 2.87. The first-order chi connectivity index (χ1) is 12.9. The fourth-order valence-corrected chi connectivity index (χ4v) is 4.08. The third-order valence-corrected chi connectivity index (χ3v) is 5.87. The van der Waals surface area contributed by atoms with E-state index < -0.39 is 0 Å². The molecule has 2 aromatic carbocycles. The van der Waals surface area contributed by atoms with Crippen LogP contribution in [0.3, 0.4) is 0 Å². The summed E-state index contributed by atoms with van der Waals surface area (Å²) in [6.45, 7) is 3.64. The van der Waals surface area contributed by atoms with Gasteiger partial charge in [-0.3, -0.25) is 14.9 Å². The van der Waals surface area contributed by atoms with Crippen molar-refractivity contribution < 1.29 is 0 Å². The number of H-pyrrole nitrogens is 1. The quantitative estimate of drug-likeness (QED) is 0.446. The number of nitrogens with zero attached hydrogens (tertiary/aromatic N) is 3. The van der Waals surface area contributed by atoms with Gasteiger partial charge in [0.2, 0.25) is 5.13 Å². The summed E-state index contributed by atoms with van der Waals surface area (Å²) in [6, 6.07) is 12.9. The lowest BCUT2D eigenvalue weighted by atomic mass is 10.2. The van der Waals surface area contributed by atoms with Crippen molar-refractivity contribution in [1.29, 1.82) is 0 Å². The maximum absolute atomic E-state index is 13.0. The molecule has 5 nitrogen and oxygen atoms in total. The molecule has 0 spiro atoms. The Hall–Kier alpha value is -2.41. The number of aliphatic imine (C=N–C) groups is 1. The number of halogens is 2. The van der Waals surface area contributed by atoms with Gasteiger partial charge in [0.1, 0.15) is 0 Å². The number of aryl methyl sites for hydroxylation is 1. The topological polar surface area (TPSA) is 63.0 Å². The van der Waals surface area contributed by atoms with Crippen molar-refractivity contribution in [2.75, 3.05) is 0 Å². The summed E-state index contributed by atoms with van der Waals surface area (Å²) in [4.78, 5) is 22.1. The lowest BCUT2D eigenvalue weighted by Gasteiger charge is -2.00. The van der Waals surface area contributed by atoms with Crippen LogP contribution in [0, 0.1) is 6.92 Å². The minimum absolute atomic E-state index is 0.187. The molecule has 0 aliphatic carbocycles. The summed E-state index contributed by atoms with van der Waals surface area (Å²) in [6.07, 6.45) is 0. The first-order valence-corrected chi connectivity index (χ1v) is 9.69. The van der Waals surface area contributed by atoms with Crippen molar-refractivity contribution in [3.05, 3.63) is 74.1 Å². The van der Waals surface area contributed by atoms with Crippen LogP contribution in [0.25, 0.3) is 15.3 Å². The second-order valence-corrected chi connectivity index (χ2v) is 7.84. The number of para-hydroxylation sites is 1. The predicted molar refractivity (Wildman–Crippen MR) is 113 cm³/mol. The molecular formula is C19H14Cl2N4OS. The molecule has 1 N–H and O–H groups in total. The van der Waals surface area contributed by atoms with E-state index in [1.807, 2.05) is 31.2 Å². The molecular weight excluding hydrogens is 403 g/mol. The van der Waals surface area contributed by atoms with Crippen LogP contribution in [-0.2, 0) is 0 Å². The Balaban J connectivity index is 1.79. The van der Waals surface area contributed by atoms with Crippen LogP contribution in [0.1, 0.15) is 18.2 Å². The van der Waals surface area contributed by atoms with Crippen molar-refractivity contribution in [3.63, 3.8) is 0 Å². The molecule has 0 amide bonds. The van der Waals surface area contributed by atoms with Gasteiger partial charge in [-0.25, -0.2) is 4.98 Å². The first kappa shape index (κ1) is 18.0.